The Hall–Kier alpha value is -1.83. The fourth-order valence-corrected chi connectivity index (χ4v) is 1.92. The number of alkyl halides is 4. The number of ether oxygens (including phenoxy) is 1. The largest absolute Gasteiger partial charge is 0.469 e. The molecule has 0 saturated heterocycles. The minimum absolute atomic E-state index is 0.435. The van der Waals surface area contributed by atoms with Crippen molar-refractivity contribution < 1.29 is 27.1 Å². The van der Waals surface area contributed by atoms with E-state index >= 15 is 0 Å². The van der Waals surface area contributed by atoms with Crippen molar-refractivity contribution in [3.05, 3.63) is 28.3 Å². The van der Waals surface area contributed by atoms with E-state index in [4.69, 9.17) is 11.6 Å². The van der Waals surface area contributed by atoms with E-state index in [1.807, 2.05) is 0 Å². The molecule has 21 heavy (non-hydrogen) atoms. The third-order valence-corrected chi connectivity index (χ3v) is 2.95. The fraction of sp³-hybridized carbons (Fsp3) is 0.333. The smallest absolute Gasteiger partial charge is 0.426 e. The number of carbonyl (C=O) groups is 1. The van der Waals surface area contributed by atoms with Gasteiger partial charge in [-0.2, -0.15) is 22.6 Å². The van der Waals surface area contributed by atoms with Crippen LogP contribution in [0.15, 0.2) is 17.1 Å². The summed E-state index contributed by atoms with van der Waals surface area (Å²) >= 11 is 5.58. The molecule has 9 heteroatoms. The van der Waals surface area contributed by atoms with E-state index in [0.29, 0.717) is 0 Å². The van der Waals surface area contributed by atoms with E-state index in [1.165, 1.54) is 4.90 Å². The molecule has 2 rings (SSSR count). The van der Waals surface area contributed by atoms with Crippen molar-refractivity contribution in [2.45, 2.75) is 12.0 Å². The lowest BCUT2D eigenvalue weighted by Crippen LogP contribution is -2.37. The van der Waals surface area contributed by atoms with Crippen molar-refractivity contribution in [2.75, 3.05) is 14.1 Å². The molecular weight excluding hydrogens is 316 g/mol. The Kier molecular flexibility index (Phi) is 3.61. The zero-order valence-corrected chi connectivity index (χ0v) is 11.6. The normalized spacial score (nSPS) is 18.4. The van der Waals surface area contributed by atoms with E-state index in [1.54, 1.807) is 14.1 Å². The molecular formula is C12H9ClF4N2O2. The van der Waals surface area contributed by atoms with Gasteiger partial charge >= 0.3 is 12.0 Å². The van der Waals surface area contributed by atoms with Crippen molar-refractivity contribution in [2.24, 2.45) is 4.99 Å². The number of nitrogens with zero attached hydrogens (tertiary/aromatic N) is 2. The van der Waals surface area contributed by atoms with Crippen LogP contribution >= 0.6 is 11.6 Å². The van der Waals surface area contributed by atoms with Crippen molar-refractivity contribution >= 4 is 23.8 Å². The number of aliphatic imine (C=N–C) groups is 1. The second kappa shape index (κ2) is 4.87. The molecule has 1 aliphatic heterocycles. The third kappa shape index (κ3) is 2.44. The van der Waals surface area contributed by atoms with Gasteiger partial charge in [0.2, 0.25) is 0 Å². The highest BCUT2D eigenvalue weighted by Gasteiger charge is 2.68. The molecule has 0 aromatic heterocycles. The molecule has 1 amide bonds. The van der Waals surface area contributed by atoms with Gasteiger partial charge in [-0.05, 0) is 12.1 Å². The lowest BCUT2D eigenvalue weighted by Gasteiger charge is -2.16. The third-order valence-electron chi connectivity index (χ3n) is 2.66. The summed E-state index contributed by atoms with van der Waals surface area (Å²) in [4.78, 5) is 16.6. The summed E-state index contributed by atoms with van der Waals surface area (Å²) in [5, 5.41) is -0.435. The van der Waals surface area contributed by atoms with Crippen LogP contribution in [0.25, 0.3) is 0 Å². The first kappa shape index (κ1) is 15.6. The molecule has 0 bridgehead atoms. The van der Waals surface area contributed by atoms with Crippen LogP contribution in [0.2, 0.25) is 5.02 Å². The van der Waals surface area contributed by atoms with Crippen molar-refractivity contribution in [1.82, 2.24) is 4.90 Å². The SMILES string of the molecule is CN(C)C=NC(=O)c1ccc(Cl)c2c1C(F)(F)C(F)(F)O2. The van der Waals surface area contributed by atoms with Crippen LogP contribution in [0, 0.1) is 0 Å². The minimum atomic E-state index is -4.78. The molecule has 0 spiro atoms. The summed E-state index contributed by atoms with van der Waals surface area (Å²) < 4.78 is 58.0. The minimum Gasteiger partial charge on any atom is -0.426 e. The van der Waals surface area contributed by atoms with Gasteiger partial charge in [0, 0.05) is 14.1 Å². The number of carbonyl (C=O) groups excluding carboxylic acids is 1. The molecule has 4 nitrogen and oxygen atoms in total. The van der Waals surface area contributed by atoms with Crippen LogP contribution in [0.4, 0.5) is 17.6 Å². The number of benzene rings is 1. The monoisotopic (exact) mass is 324 g/mol. The van der Waals surface area contributed by atoms with Gasteiger partial charge < -0.3 is 9.64 Å². The summed E-state index contributed by atoms with van der Waals surface area (Å²) in [6.07, 6.45) is -3.71. The zero-order valence-electron chi connectivity index (χ0n) is 10.8. The fourth-order valence-electron chi connectivity index (χ4n) is 1.72. The van der Waals surface area contributed by atoms with Gasteiger partial charge in [0.25, 0.3) is 5.91 Å². The number of amides is 1. The quantitative estimate of drug-likeness (QED) is 0.477. The van der Waals surface area contributed by atoms with Gasteiger partial charge in [-0.3, -0.25) is 4.79 Å². The van der Waals surface area contributed by atoms with Crippen LogP contribution in [0.1, 0.15) is 15.9 Å². The molecule has 0 N–H and O–H groups in total. The van der Waals surface area contributed by atoms with Gasteiger partial charge in [0.15, 0.2) is 5.75 Å². The Bertz CT molecular complexity index is 632. The van der Waals surface area contributed by atoms with Crippen LogP contribution in [0.5, 0.6) is 5.75 Å². The first-order valence-electron chi connectivity index (χ1n) is 5.60. The lowest BCUT2D eigenvalue weighted by molar-refractivity contribution is -0.296. The van der Waals surface area contributed by atoms with E-state index in [-0.39, 0.29) is 0 Å². The number of halogens is 5. The Morgan fingerprint density at radius 3 is 2.52 bits per heavy atom. The van der Waals surface area contributed by atoms with Gasteiger partial charge in [-0.25, -0.2) is 0 Å². The van der Waals surface area contributed by atoms with Crippen LogP contribution in [-0.4, -0.2) is 37.3 Å². The van der Waals surface area contributed by atoms with E-state index in [2.05, 4.69) is 9.73 Å². The Labute approximate surface area is 122 Å². The lowest BCUT2D eigenvalue weighted by atomic mass is 10.0. The molecule has 0 unspecified atom stereocenters. The van der Waals surface area contributed by atoms with Crippen molar-refractivity contribution in [1.29, 1.82) is 0 Å². The molecule has 0 atom stereocenters. The highest BCUT2D eigenvalue weighted by molar-refractivity contribution is 6.32. The Balaban J connectivity index is 2.59. The summed E-state index contributed by atoms with van der Waals surface area (Å²) in [6, 6.07) is 1.94. The Morgan fingerprint density at radius 2 is 1.95 bits per heavy atom. The number of hydrogen-bond acceptors (Lipinski definition) is 2. The maximum absolute atomic E-state index is 13.8. The first-order chi connectivity index (χ1) is 9.58. The molecule has 1 aromatic rings. The molecule has 0 aliphatic carbocycles. The maximum Gasteiger partial charge on any atom is 0.469 e. The van der Waals surface area contributed by atoms with Gasteiger partial charge in [0.05, 0.1) is 22.5 Å². The topological polar surface area (TPSA) is 41.9 Å². The molecule has 0 fully saturated rings. The summed E-state index contributed by atoms with van der Waals surface area (Å²) in [6.45, 7) is 0. The summed E-state index contributed by atoms with van der Waals surface area (Å²) in [5.41, 5.74) is -1.93. The zero-order chi connectivity index (χ0) is 16.0. The Morgan fingerprint density at radius 1 is 1.33 bits per heavy atom. The standard InChI is InChI=1S/C12H9ClF4N2O2/c1-19(2)5-18-10(20)6-3-4-7(13)9-8(6)11(14,15)12(16,17)21-9/h3-5H,1-2H3. The molecule has 0 saturated carbocycles. The predicted octanol–water partition coefficient (Wildman–Crippen LogP) is 3.15. The van der Waals surface area contributed by atoms with Crippen LogP contribution in [-0.2, 0) is 5.92 Å². The number of hydrogen-bond donors (Lipinski definition) is 0. The summed E-state index contributed by atoms with van der Waals surface area (Å²) in [7, 11) is 3.10. The highest BCUT2D eigenvalue weighted by atomic mass is 35.5. The molecule has 1 heterocycles. The van der Waals surface area contributed by atoms with Crippen molar-refractivity contribution in [3.63, 3.8) is 0 Å². The van der Waals surface area contributed by atoms with Gasteiger partial charge in [-0.15, -0.1) is 0 Å². The van der Waals surface area contributed by atoms with Crippen LogP contribution < -0.4 is 4.74 Å². The molecule has 0 radical (unpaired) electrons. The second-order valence-electron chi connectivity index (χ2n) is 4.51. The van der Waals surface area contributed by atoms with Crippen LogP contribution in [0.3, 0.4) is 0 Å². The second-order valence-corrected chi connectivity index (χ2v) is 4.91. The first-order valence-corrected chi connectivity index (χ1v) is 5.98. The average molecular weight is 325 g/mol. The number of fused-ring (bicyclic) bond motifs is 1. The van der Waals surface area contributed by atoms with E-state index < -0.39 is 39.8 Å². The predicted molar refractivity (Wildman–Crippen MR) is 67.4 cm³/mol. The highest BCUT2D eigenvalue weighted by Crippen LogP contribution is 2.56. The van der Waals surface area contributed by atoms with Gasteiger partial charge in [-0.1, -0.05) is 11.6 Å². The summed E-state index contributed by atoms with van der Waals surface area (Å²) in [5.74, 6) is -6.68. The maximum atomic E-state index is 13.8. The molecule has 114 valence electrons. The van der Waals surface area contributed by atoms with Gasteiger partial charge in [0.1, 0.15) is 0 Å². The van der Waals surface area contributed by atoms with E-state index in [9.17, 15) is 22.4 Å². The molecule has 1 aliphatic rings. The molecule has 1 aromatic carbocycles. The average Bonchev–Trinajstić information content (AvgIpc) is 2.55. The number of rotatable bonds is 2. The van der Waals surface area contributed by atoms with E-state index in [0.717, 1.165) is 18.5 Å². The van der Waals surface area contributed by atoms with Crippen molar-refractivity contribution in [3.8, 4) is 5.75 Å².